The van der Waals surface area contributed by atoms with E-state index in [1.807, 2.05) is 0 Å². The Kier molecular flexibility index (Phi) is 4.63. The van der Waals surface area contributed by atoms with Gasteiger partial charge in [0.05, 0.1) is 19.3 Å². The fourth-order valence-electron chi connectivity index (χ4n) is 1.50. The maximum absolute atomic E-state index is 13.9. The minimum atomic E-state index is -1.28. The third kappa shape index (κ3) is 2.94. The highest BCUT2D eigenvalue weighted by atomic mass is 127. The molecule has 0 heterocycles. The van der Waals surface area contributed by atoms with Crippen molar-refractivity contribution in [1.82, 2.24) is 0 Å². The molecule has 2 aromatic carbocycles. The number of nitrogens with two attached hydrogens (primary N) is 1. The van der Waals surface area contributed by atoms with E-state index in [4.69, 9.17) is 15.7 Å². The van der Waals surface area contributed by atoms with Crippen LogP contribution < -0.4 is 10.5 Å². The summed E-state index contributed by atoms with van der Waals surface area (Å²) in [6.07, 6.45) is 0. The van der Waals surface area contributed by atoms with E-state index in [9.17, 15) is 13.2 Å². The summed E-state index contributed by atoms with van der Waals surface area (Å²) in [5, 5.41) is 8.73. The summed E-state index contributed by atoms with van der Waals surface area (Å²) in [7, 11) is 0. The van der Waals surface area contributed by atoms with Gasteiger partial charge in [0.1, 0.15) is 17.6 Å². The summed E-state index contributed by atoms with van der Waals surface area (Å²) in [6, 6.07) is 4.86. The highest BCUT2D eigenvalue weighted by molar-refractivity contribution is 14.1. The molecular formula is C13H5BrF3IN2O. The molecule has 0 saturated heterocycles. The van der Waals surface area contributed by atoms with Gasteiger partial charge >= 0.3 is 0 Å². The molecule has 2 aromatic rings. The minimum absolute atomic E-state index is 0.0314. The summed E-state index contributed by atoms with van der Waals surface area (Å²) >= 11 is 4.61. The Morgan fingerprint density at radius 3 is 2.52 bits per heavy atom. The highest BCUT2D eigenvalue weighted by Crippen LogP contribution is 2.40. The number of rotatable bonds is 2. The second-order valence-corrected chi connectivity index (χ2v) is 5.73. The van der Waals surface area contributed by atoms with Crippen LogP contribution in [0.5, 0.6) is 11.5 Å². The van der Waals surface area contributed by atoms with Crippen molar-refractivity contribution in [2.24, 2.45) is 0 Å². The molecule has 0 aliphatic heterocycles. The number of nitrogen functional groups attached to an aromatic ring is 1. The Hall–Kier alpha value is -1.47. The van der Waals surface area contributed by atoms with Crippen LogP contribution in [0.3, 0.4) is 0 Å². The second kappa shape index (κ2) is 6.11. The average Bonchev–Trinajstić information content (AvgIpc) is 2.49. The smallest absolute Gasteiger partial charge is 0.204 e. The van der Waals surface area contributed by atoms with Crippen LogP contribution in [0.25, 0.3) is 0 Å². The predicted octanol–water partition coefficient (Wildman–Crippen LogP) is 4.72. The van der Waals surface area contributed by atoms with Crippen LogP contribution in [0.4, 0.5) is 18.9 Å². The van der Waals surface area contributed by atoms with E-state index < -0.39 is 23.2 Å². The molecule has 21 heavy (non-hydrogen) atoms. The van der Waals surface area contributed by atoms with Gasteiger partial charge in [-0.15, -0.1) is 0 Å². The molecule has 0 unspecified atom stereocenters. The van der Waals surface area contributed by atoms with E-state index in [2.05, 4.69) is 15.9 Å². The molecule has 0 radical (unpaired) electrons. The number of benzene rings is 2. The summed E-state index contributed by atoms with van der Waals surface area (Å²) in [5.74, 6) is -3.71. The third-order valence-corrected chi connectivity index (χ3v) is 5.14. The van der Waals surface area contributed by atoms with Gasteiger partial charge in [-0.25, -0.2) is 8.78 Å². The van der Waals surface area contributed by atoms with E-state index in [0.29, 0.717) is 0 Å². The van der Waals surface area contributed by atoms with E-state index in [0.717, 1.165) is 12.1 Å². The molecule has 2 N–H and O–H groups in total. The number of hydrogen-bond donors (Lipinski definition) is 1. The maximum atomic E-state index is 13.9. The lowest BCUT2D eigenvalue weighted by Gasteiger charge is -2.13. The SMILES string of the molecule is N#Cc1cc(Oc2c(N)c(I)c(Br)c(F)c2F)ccc1F. The molecule has 0 aliphatic rings. The van der Waals surface area contributed by atoms with Crippen LogP contribution in [0.1, 0.15) is 5.56 Å². The van der Waals surface area contributed by atoms with Crippen LogP contribution in [-0.2, 0) is 0 Å². The number of halogens is 5. The molecule has 0 aliphatic carbocycles. The van der Waals surface area contributed by atoms with E-state index in [-0.39, 0.29) is 25.0 Å². The fourth-order valence-corrected chi connectivity index (χ4v) is 2.37. The number of nitriles is 1. The molecule has 0 saturated carbocycles. The van der Waals surface area contributed by atoms with Gasteiger partial charge in [0, 0.05) is 6.07 Å². The van der Waals surface area contributed by atoms with Crippen molar-refractivity contribution in [3.63, 3.8) is 0 Å². The zero-order chi connectivity index (χ0) is 15.7. The van der Waals surface area contributed by atoms with Gasteiger partial charge in [0.15, 0.2) is 11.6 Å². The van der Waals surface area contributed by atoms with E-state index in [1.165, 1.54) is 6.07 Å². The van der Waals surface area contributed by atoms with Gasteiger partial charge in [-0.1, -0.05) is 0 Å². The topological polar surface area (TPSA) is 59.0 Å². The van der Waals surface area contributed by atoms with Gasteiger partial charge in [-0.3, -0.25) is 0 Å². The first-order valence-electron chi connectivity index (χ1n) is 5.35. The number of anilines is 1. The molecular weight excluding hydrogens is 464 g/mol. The van der Waals surface area contributed by atoms with Crippen molar-refractivity contribution in [2.75, 3.05) is 5.73 Å². The van der Waals surface area contributed by atoms with Crippen molar-refractivity contribution in [1.29, 1.82) is 5.26 Å². The Morgan fingerprint density at radius 1 is 1.24 bits per heavy atom. The van der Waals surface area contributed by atoms with Crippen LogP contribution in [0, 0.1) is 32.4 Å². The van der Waals surface area contributed by atoms with Gasteiger partial charge in [-0.05, 0) is 50.7 Å². The first-order chi connectivity index (χ1) is 9.86. The Morgan fingerprint density at radius 2 is 1.90 bits per heavy atom. The first-order valence-corrected chi connectivity index (χ1v) is 7.23. The monoisotopic (exact) mass is 468 g/mol. The van der Waals surface area contributed by atoms with E-state index in [1.54, 1.807) is 28.7 Å². The predicted molar refractivity (Wildman–Crippen MR) is 82.4 cm³/mol. The van der Waals surface area contributed by atoms with Gasteiger partial charge in [-0.2, -0.15) is 9.65 Å². The lowest BCUT2D eigenvalue weighted by molar-refractivity contribution is 0.415. The van der Waals surface area contributed by atoms with Crippen LogP contribution >= 0.6 is 38.5 Å². The summed E-state index contributed by atoms with van der Waals surface area (Å²) < 4.78 is 46.1. The van der Waals surface area contributed by atoms with Crippen molar-refractivity contribution < 1.29 is 17.9 Å². The first kappa shape index (κ1) is 15.9. The average molecular weight is 469 g/mol. The third-order valence-electron chi connectivity index (χ3n) is 2.54. The molecule has 3 nitrogen and oxygen atoms in total. The molecule has 0 bridgehead atoms. The summed E-state index contributed by atoms with van der Waals surface area (Å²) in [6.45, 7) is 0. The summed E-state index contributed by atoms with van der Waals surface area (Å²) in [5.41, 5.74) is 5.31. The number of ether oxygens (including phenoxy) is 1. The van der Waals surface area contributed by atoms with Crippen molar-refractivity contribution in [2.45, 2.75) is 0 Å². The quantitative estimate of drug-likeness (QED) is 0.300. The molecule has 0 fully saturated rings. The largest absolute Gasteiger partial charge is 0.452 e. The molecule has 108 valence electrons. The Bertz CT molecular complexity index is 748. The van der Waals surface area contributed by atoms with Crippen LogP contribution in [0.15, 0.2) is 22.7 Å². The van der Waals surface area contributed by atoms with Crippen molar-refractivity contribution in [3.05, 3.63) is 49.3 Å². The highest BCUT2D eigenvalue weighted by Gasteiger charge is 2.22. The Labute approximate surface area is 139 Å². The van der Waals surface area contributed by atoms with Crippen molar-refractivity contribution in [3.8, 4) is 17.6 Å². The number of hydrogen-bond acceptors (Lipinski definition) is 3. The van der Waals surface area contributed by atoms with Crippen LogP contribution in [-0.4, -0.2) is 0 Å². The van der Waals surface area contributed by atoms with Crippen molar-refractivity contribution >= 4 is 44.2 Å². The molecule has 8 heteroatoms. The van der Waals surface area contributed by atoms with Crippen LogP contribution in [0.2, 0.25) is 0 Å². The van der Waals surface area contributed by atoms with E-state index >= 15 is 0 Å². The zero-order valence-electron chi connectivity index (χ0n) is 10.1. The standard InChI is InChI=1S/C13H5BrF3IN2O/c14-8-9(16)10(17)13(12(20)11(8)18)21-6-1-2-7(15)5(3-6)4-19/h1-3H,20H2. The minimum Gasteiger partial charge on any atom is -0.452 e. The fraction of sp³-hybridized carbons (Fsp3) is 0. The van der Waals surface area contributed by atoms with Gasteiger partial charge in [0.25, 0.3) is 0 Å². The maximum Gasteiger partial charge on any atom is 0.204 e. The lowest BCUT2D eigenvalue weighted by Crippen LogP contribution is -2.02. The van der Waals surface area contributed by atoms with Gasteiger partial charge in [0.2, 0.25) is 5.82 Å². The second-order valence-electron chi connectivity index (χ2n) is 3.85. The molecule has 0 atom stereocenters. The Balaban J connectivity index is 2.53. The number of nitrogens with zero attached hydrogens (tertiary/aromatic N) is 1. The summed E-state index contributed by atoms with van der Waals surface area (Å²) in [4.78, 5) is 0. The molecule has 0 spiro atoms. The normalized spacial score (nSPS) is 10.3. The lowest BCUT2D eigenvalue weighted by atomic mass is 10.2. The zero-order valence-corrected chi connectivity index (χ0v) is 13.8. The molecule has 0 amide bonds. The molecule has 2 rings (SSSR count). The van der Waals surface area contributed by atoms with Gasteiger partial charge < -0.3 is 10.5 Å². The molecule has 0 aromatic heterocycles.